The molecule has 1 aliphatic heterocycles. The van der Waals surface area contributed by atoms with E-state index in [4.69, 9.17) is 4.74 Å². The maximum atomic E-state index is 12.9. The predicted molar refractivity (Wildman–Crippen MR) is 99.3 cm³/mol. The van der Waals surface area contributed by atoms with E-state index in [9.17, 15) is 9.18 Å². The van der Waals surface area contributed by atoms with E-state index in [-0.39, 0.29) is 11.7 Å². The number of amides is 1. The SMILES string of the molecule is C=CCOc1ccccc1C=C1SC(=Nc2ccc(F)cc2)NC1=O. The smallest absolute Gasteiger partial charge is 0.264 e. The van der Waals surface area contributed by atoms with E-state index < -0.39 is 0 Å². The summed E-state index contributed by atoms with van der Waals surface area (Å²) >= 11 is 1.23. The molecule has 0 unspecified atom stereocenters. The zero-order valence-corrected chi connectivity index (χ0v) is 14.1. The molecule has 0 aromatic heterocycles. The molecule has 6 heteroatoms. The molecule has 4 nitrogen and oxygen atoms in total. The number of ether oxygens (including phenoxy) is 1. The number of thioether (sulfide) groups is 1. The Morgan fingerprint density at radius 3 is 2.72 bits per heavy atom. The van der Waals surface area contributed by atoms with Crippen LogP contribution in [0.25, 0.3) is 6.08 Å². The summed E-state index contributed by atoms with van der Waals surface area (Å²) < 4.78 is 18.5. The number of amidine groups is 1. The Kier molecular flexibility index (Phi) is 5.30. The Morgan fingerprint density at radius 2 is 1.96 bits per heavy atom. The van der Waals surface area contributed by atoms with E-state index in [1.165, 1.54) is 23.9 Å². The monoisotopic (exact) mass is 354 g/mol. The van der Waals surface area contributed by atoms with Crippen LogP contribution in [0.1, 0.15) is 5.56 Å². The molecule has 0 aliphatic carbocycles. The second-order valence-electron chi connectivity index (χ2n) is 5.10. The third kappa shape index (κ3) is 4.36. The van der Waals surface area contributed by atoms with Gasteiger partial charge in [-0.05, 0) is 48.2 Å². The van der Waals surface area contributed by atoms with Crippen molar-refractivity contribution in [1.82, 2.24) is 5.32 Å². The van der Waals surface area contributed by atoms with Gasteiger partial charge < -0.3 is 10.1 Å². The molecule has 1 saturated heterocycles. The summed E-state index contributed by atoms with van der Waals surface area (Å²) in [5.74, 6) is 0.111. The van der Waals surface area contributed by atoms with Crippen molar-refractivity contribution in [3.63, 3.8) is 0 Å². The fourth-order valence-electron chi connectivity index (χ4n) is 2.13. The largest absolute Gasteiger partial charge is 0.489 e. The third-order valence-electron chi connectivity index (χ3n) is 3.27. The maximum absolute atomic E-state index is 12.9. The minimum Gasteiger partial charge on any atom is -0.489 e. The summed E-state index contributed by atoms with van der Waals surface area (Å²) in [7, 11) is 0. The van der Waals surface area contributed by atoms with Gasteiger partial charge in [-0.2, -0.15) is 0 Å². The van der Waals surface area contributed by atoms with Gasteiger partial charge in [0.05, 0.1) is 10.6 Å². The van der Waals surface area contributed by atoms with Gasteiger partial charge in [0.1, 0.15) is 18.2 Å². The minimum atomic E-state index is -0.330. The highest BCUT2D eigenvalue weighted by molar-refractivity contribution is 8.18. The second-order valence-corrected chi connectivity index (χ2v) is 6.13. The van der Waals surface area contributed by atoms with Crippen molar-refractivity contribution >= 4 is 34.6 Å². The molecule has 0 spiro atoms. The summed E-state index contributed by atoms with van der Waals surface area (Å²) in [6.07, 6.45) is 3.42. The lowest BCUT2D eigenvalue weighted by Crippen LogP contribution is -2.19. The first-order chi connectivity index (χ1) is 12.2. The number of benzene rings is 2. The van der Waals surface area contributed by atoms with Gasteiger partial charge in [0.2, 0.25) is 0 Å². The standard InChI is InChI=1S/C19H15FN2O2S/c1-2-11-24-16-6-4-3-5-13(16)12-17-18(23)22-19(25-17)21-15-9-7-14(20)8-10-15/h2-10,12H,1,11H2,(H,21,22,23). The topological polar surface area (TPSA) is 50.7 Å². The van der Waals surface area contributed by atoms with Crippen LogP contribution in [0, 0.1) is 5.82 Å². The number of para-hydroxylation sites is 1. The van der Waals surface area contributed by atoms with Gasteiger partial charge in [0, 0.05) is 5.56 Å². The molecule has 126 valence electrons. The van der Waals surface area contributed by atoms with Crippen molar-refractivity contribution in [3.8, 4) is 5.75 Å². The quantitative estimate of drug-likeness (QED) is 0.644. The highest BCUT2D eigenvalue weighted by atomic mass is 32.2. The summed E-state index contributed by atoms with van der Waals surface area (Å²) in [5.41, 5.74) is 1.37. The van der Waals surface area contributed by atoms with Crippen molar-refractivity contribution in [2.45, 2.75) is 0 Å². The molecule has 0 atom stereocenters. The molecule has 0 radical (unpaired) electrons. The molecule has 1 heterocycles. The van der Waals surface area contributed by atoms with Gasteiger partial charge >= 0.3 is 0 Å². The number of hydrogen-bond acceptors (Lipinski definition) is 4. The molecular formula is C19H15FN2O2S. The first-order valence-electron chi connectivity index (χ1n) is 7.53. The third-order valence-corrected chi connectivity index (χ3v) is 4.18. The van der Waals surface area contributed by atoms with Crippen LogP contribution in [0.2, 0.25) is 0 Å². The Bertz CT molecular complexity index is 860. The van der Waals surface area contributed by atoms with Gasteiger partial charge in [-0.1, -0.05) is 30.9 Å². The number of nitrogens with zero attached hydrogens (tertiary/aromatic N) is 1. The van der Waals surface area contributed by atoms with E-state index >= 15 is 0 Å². The van der Waals surface area contributed by atoms with E-state index in [2.05, 4.69) is 16.9 Å². The fourth-order valence-corrected chi connectivity index (χ4v) is 2.97. The Morgan fingerprint density at radius 1 is 1.20 bits per heavy atom. The van der Waals surface area contributed by atoms with E-state index in [0.29, 0.717) is 28.1 Å². The average Bonchev–Trinajstić information content (AvgIpc) is 2.95. The van der Waals surface area contributed by atoms with Crippen LogP contribution in [-0.2, 0) is 4.79 Å². The molecule has 2 aromatic carbocycles. The van der Waals surface area contributed by atoms with E-state index in [1.54, 1.807) is 24.3 Å². The number of nitrogens with one attached hydrogen (secondary N) is 1. The van der Waals surface area contributed by atoms with Crippen LogP contribution in [0.3, 0.4) is 0 Å². The predicted octanol–water partition coefficient (Wildman–Crippen LogP) is 4.28. The highest BCUT2D eigenvalue weighted by Crippen LogP contribution is 2.30. The molecule has 1 fully saturated rings. The molecule has 0 saturated carbocycles. The van der Waals surface area contributed by atoms with Crippen LogP contribution in [0.5, 0.6) is 5.75 Å². The van der Waals surface area contributed by atoms with Crippen molar-refractivity contribution in [3.05, 3.63) is 77.5 Å². The van der Waals surface area contributed by atoms with Crippen LogP contribution in [0.4, 0.5) is 10.1 Å². The first kappa shape index (κ1) is 17.0. The van der Waals surface area contributed by atoms with Crippen LogP contribution < -0.4 is 10.1 Å². The molecular weight excluding hydrogens is 339 g/mol. The first-order valence-corrected chi connectivity index (χ1v) is 8.35. The molecule has 1 aliphatic rings. The molecule has 25 heavy (non-hydrogen) atoms. The molecule has 2 aromatic rings. The number of hydrogen-bond donors (Lipinski definition) is 1. The highest BCUT2D eigenvalue weighted by Gasteiger charge is 2.24. The second kappa shape index (κ2) is 7.81. The zero-order chi connectivity index (χ0) is 17.6. The fraction of sp³-hybridized carbons (Fsp3) is 0.0526. The lowest BCUT2D eigenvalue weighted by atomic mass is 10.2. The van der Waals surface area contributed by atoms with Crippen LogP contribution in [0.15, 0.2) is 71.1 Å². The van der Waals surface area contributed by atoms with E-state index in [0.717, 1.165) is 5.56 Å². The Hall–Kier alpha value is -2.86. The van der Waals surface area contributed by atoms with Gasteiger partial charge in [-0.3, -0.25) is 4.79 Å². The van der Waals surface area contributed by atoms with Crippen LogP contribution in [-0.4, -0.2) is 17.7 Å². The Labute approximate surface area is 149 Å². The minimum absolute atomic E-state index is 0.232. The van der Waals surface area contributed by atoms with Crippen molar-refractivity contribution in [1.29, 1.82) is 0 Å². The number of rotatable bonds is 5. The van der Waals surface area contributed by atoms with Gasteiger partial charge in [0.15, 0.2) is 5.17 Å². The Balaban J connectivity index is 1.82. The molecule has 1 N–H and O–H groups in total. The number of aliphatic imine (C=N–C) groups is 1. The molecule has 0 bridgehead atoms. The van der Waals surface area contributed by atoms with Gasteiger partial charge in [-0.15, -0.1) is 0 Å². The number of carbonyl (C=O) groups excluding carboxylic acids is 1. The summed E-state index contributed by atoms with van der Waals surface area (Å²) in [6, 6.07) is 13.2. The van der Waals surface area contributed by atoms with Crippen molar-refractivity contribution in [2.75, 3.05) is 6.61 Å². The number of halogens is 1. The maximum Gasteiger partial charge on any atom is 0.264 e. The summed E-state index contributed by atoms with van der Waals surface area (Å²) in [5, 5.41) is 3.16. The van der Waals surface area contributed by atoms with Crippen molar-refractivity contribution < 1.29 is 13.9 Å². The normalized spacial score (nSPS) is 16.9. The van der Waals surface area contributed by atoms with Crippen molar-refractivity contribution in [2.24, 2.45) is 4.99 Å². The molecule has 1 amide bonds. The van der Waals surface area contributed by atoms with Gasteiger partial charge in [0.25, 0.3) is 5.91 Å². The van der Waals surface area contributed by atoms with Crippen LogP contribution >= 0.6 is 11.8 Å². The molecule has 3 rings (SSSR count). The number of carbonyl (C=O) groups is 1. The average molecular weight is 354 g/mol. The summed E-state index contributed by atoms with van der Waals surface area (Å²) in [6.45, 7) is 4.01. The lowest BCUT2D eigenvalue weighted by molar-refractivity contribution is -0.115. The van der Waals surface area contributed by atoms with E-state index in [1.807, 2.05) is 24.3 Å². The lowest BCUT2D eigenvalue weighted by Gasteiger charge is -2.06. The zero-order valence-electron chi connectivity index (χ0n) is 13.2. The van der Waals surface area contributed by atoms with Gasteiger partial charge in [-0.25, -0.2) is 9.38 Å². The summed E-state index contributed by atoms with van der Waals surface area (Å²) in [4.78, 5) is 17.0.